The number of nitrogens with one attached hydrogen (secondary N) is 1. The lowest BCUT2D eigenvalue weighted by atomic mass is 9.88. The number of nitrogens with two attached hydrogens (primary N) is 1. The van der Waals surface area contributed by atoms with Crippen molar-refractivity contribution < 1.29 is 9.59 Å². The lowest BCUT2D eigenvalue weighted by Gasteiger charge is -2.17. The van der Waals surface area contributed by atoms with Crippen molar-refractivity contribution in [2.45, 2.75) is 106 Å². The Balaban J connectivity index is 0. The van der Waals surface area contributed by atoms with Crippen LogP contribution in [-0.2, 0) is 9.59 Å². The fraction of sp³-hybridized carbons (Fsp3) is 0.909. The van der Waals surface area contributed by atoms with Crippen molar-refractivity contribution in [2.75, 3.05) is 7.05 Å². The van der Waals surface area contributed by atoms with Gasteiger partial charge in [-0.05, 0) is 36.5 Å². The van der Waals surface area contributed by atoms with Crippen molar-refractivity contribution in [3.05, 3.63) is 0 Å². The minimum Gasteiger partial charge on any atom is -0.369 e. The van der Waals surface area contributed by atoms with E-state index in [4.69, 9.17) is 5.73 Å². The van der Waals surface area contributed by atoms with E-state index in [0.29, 0.717) is 17.3 Å². The van der Waals surface area contributed by atoms with E-state index in [1.807, 2.05) is 6.92 Å². The highest BCUT2D eigenvalue weighted by molar-refractivity contribution is 5.76. The SMILES string of the molecule is CC(CCCCC(C)(C)C)C(N)=O.CNC(=O)CCCCCC(C)(C)C. The van der Waals surface area contributed by atoms with Gasteiger partial charge in [0.15, 0.2) is 0 Å². The summed E-state index contributed by atoms with van der Waals surface area (Å²) in [6, 6.07) is 0. The van der Waals surface area contributed by atoms with Crippen LogP contribution in [0.1, 0.15) is 106 Å². The second-order valence-electron chi connectivity index (χ2n) is 9.90. The molecule has 0 radical (unpaired) electrons. The Kier molecular flexibility index (Phi) is 14.7. The van der Waals surface area contributed by atoms with E-state index in [9.17, 15) is 9.59 Å². The third-order valence-electron chi connectivity index (χ3n) is 4.41. The Labute approximate surface area is 163 Å². The molecule has 156 valence electrons. The largest absolute Gasteiger partial charge is 0.369 e. The van der Waals surface area contributed by atoms with E-state index in [2.05, 4.69) is 46.9 Å². The molecule has 0 aromatic heterocycles. The zero-order valence-electron chi connectivity index (χ0n) is 18.8. The van der Waals surface area contributed by atoms with Gasteiger partial charge in [0.2, 0.25) is 11.8 Å². The maximum Gasteiger partial charge on any atom is 0.220 e. The summed E-state index contributed by atoms with van der Waals surface area (Å²) in [7, 11) is 1.69. The molecule has 4 heteroatoms. The summed E-state index contributed by atoms with van der Waals surface area (Å²) in [4.78, 5) is 21.6. The van der Waals surface area contributed by atoms with Crippen molar-refractivity contribution in [3.63, 3.8) is 0 Å². The highest BCUT2D eigenvalue weighted by atomic mass is 16.1. The van der Waals surface area contributed by atoms with Gasteiger partial charge in [0, 0.05) is 19.4 Å². The Morgan fingerprint density at radius 1 is 0.846 bits per heavy atom. The first kappa shape index (κ1) is 27.2. The van der Waals surface area contributed by atoms with Crippen molar-refractivity contribution >= 4 is 11.8 Å². The van der Waals surface area contributed by atoms with Crippen LogP contribution in [0.4, 0.5) is 0 Å². The minimum atomic E-state index is -0.171. The van der Waals surface area contributed by atoms with Crippen molar-refractivity contribution in [1.82, 2.24) is 5.32 Å². The van der Waals surface area contributed by atoms with Gasteiger partial charge >= 0.3 is 0 Å². The number of hydrogen-bond donors (Lipinski definition) is 2. The molecular formula is C22H46N2O2. The molecule has 0 rings (SSSR count). The summed E-state index contributed by atoms with van der Waals surface area (Å²) >= 11 is 0. The average Bonchev–Trinajstić information content (AvgIpc) is 2.49. The first-order chi connectivity index (χ1) is 11.8. The topological polar surface area (TPSA) is 72.2 Å². The molecule has 3 N–H and O–H groups in total. The molecule has 4 nitrogen and oxygen atoms in total. The summed E-state index contributed by atoms with van der Waals surface area (Å²) in [5.41, 5.74) is 6.02. The molecule has 0 aromatic rings. The van der Waals surface area contributed by atoms with Crippen LogP contribution in [0.5, 0.6) is 0 Å². The monoisotopic (exact) mass is 370 g/mol. The number of primary amides is 1. The summed E-state index contributed by atoms with van der Waals surface area (Å²) in [5.74, 6) is 0.0338. The van der Waals surface area contributed by atoms with E-state index in [1.54, 1.807) is 7.05 Å². The zero-order chi connectivity index (χ0) is 20.8. The number of carbonyl (C=O) groups excluding carboxylic acids is 2. The van der Waals surface area contributed by atoms with Gasteiger partial charge in [0.1, 0.15) is 0 Å². The molecule has 0 bridgehead atoms. The molecule has 1 unspecified atom stereocenters. The molecule has 0 fully saturated rings. The second kappa shape index (κ2) is 14.1. The summed E-state index contributed by atoms with van der Waals surface area (Å²) < 4.78 is 0. The van der Waals surface area contributed by atoms with E-state index in [0.717, 1.165) is 19.3 Å². The highest BCUT2D eigenvalue weighted by Crippen LogP contribution is 2.23. The van der Waals surface area contributed by atoms with E-state index < -0.39 is 0 Å². The quantitative estimate of drug-likeness (QED) is 0.502. The Hall–Kier alpha value is -1.06. The second-order valence-corrected chi connectivity index (χ2v) is 9.90. The molecule has 26 heavy (non-hydrogen) atoms. The van der Waals surface area contributed by atoms with Crippen molar-refractivity contribution in [3.8, 4) is 0 Å². The van der Waals surface area contributed by atoms with Gasteiger partial charge in [0.25, 0.3) is 0 Å². The van der Waals surface area contributed by atoms with Crippen LogP contribution in [0.3, 0.4) is 0 Å². The number of unbranched alkanes of at least 4 members (excludes halogenated alkanes) is 3. The lowest BCUT2D eigenvalue weighted by molar-refractivity contribution is -0.122. The van der Waals surface area contributed by atoms with E-state index in [1.165, 1.54) is 32.1 Å². The van der Waals surface area contributed by atoms with E-state index >= 15 is 0 Å². The molecule has 0 aliphatic rings. The fourth-order valence-electron chi connectivity index (χ4n) is 2.49. The molecule has 0 heterocycles. The van der Waals surface area contributed by atoms with Crippen LogP contribution in [-0.4, -0.2) is 18.9 Å². The third-order valence-corrected chi connectivity index (χ3v) is 4.41. The van der Waals surface area contributed by atoms with Crippen LogP contribution < -0.4 is 11.1 Å². The maximum absolute atomic E-state index is 10.9. The van der Waals surface area contributed by atoms with Gasteiger partial charge in [-0.15, -0.1) is 0 Å². The predicted molar refractivity (Wildman–Crippen MR) is 113 cm³/mol. The van der Waals surface area contributed by atoms with Gasteiger partial charge in [0.05, 0.1) is 0 Å². The van der Waals surface area contributed by atoms with Crippen molar-refractivity contribution in [1.29, 1.82) is 0 Å². The van der Waals surface area contributed by atoms with Gasteiger partial charge in [-0.3, -0.25) is 9.59 Å². The van der Waals surface area contributed by atoms with Gasteiger partial charge in [-0.25, -0.2) is 0 Å². The molecule has 0 saturated heterocycles. The Morgan fingerprint density at radius 3 is 1.69 bits per heavy atom. The maximum atomic E-state index is 10.9. The summed E-state index contributed by atoms with van der Waals surface area (Å²) in [6.07, 6.45) is 9.83. The number of hydrogen-bond acceptors (Lipinski definition) is 2. The molecule has 0 aliphatic heterocycles. The number of amides is 2. The molecule has 2 amide bonds. The van der Waals surface area contributed by atoms with Gasteiger partial charge in [-0.2, -0.15) is 0 Å². The van der Waals surface area contributed by atoms with Crippen molar-refractivity contribution in [2.24, 2.45) is 22.5 Å². The third kappa shape index (κ3) is 22.9. The highest BCUT2D eigenvalue weighted by Gasteiger charge is 2.11. The first-order valence-corrected chi connectivity index (χ1v) is 10.3. The summed E-state index contributed by atoms with van der Waals surface area (Å²) in [6.45, 7) is 15.4. The Bertz CT molecular complexity index is 377. The molecule has 0 aliphatic carbocycles. The molecule has 0 spiro atoms. The smallest absolute Gasteiger partial charge is 0.220 e. The minimum absolute atomic E-state index is 0.0416. The van der Waals surface area contributed by atoms with Crippen LogP contribution in [0.15, 0.2) is 0 Å². The Morgan fingerprint density at radius 2 is 1.31 bits per heavy atom. The molecule has 0 saturated carbocycles. The average molecular weight is 371 g/mol. The van der Waals surface area contributed by atoms with Crippen LogP contribution in [0.2, 0.25) is 0 Å². The summed E-state index contributed by atoms with van der Waals surface area (Å²) in [5, 5.41) is 2.63. The van der Waals surface area contributed by atoms with Crippen LogP contribution in [0.25, 0.3) is 0 Å². The lowest BCUT2D eigenvalue weighted by Crippen LogP contribution is -2.20. The first-order valence-electron chi connectivity index (χ1n) is 10.3. The fourth-order valence-corrected chi connectivity index (χ4v) is 2.49. The molecule has 1 atom stereocenters. The number of carbonyl (C=O) groups is 2. The molecular weight excluding hydrogens is 324 g/mol. The number of rotatable bonds is 10. The van der Waals surface area contributed by atoms with E-state index in [-0.39, 0.29) is 17.7 Å². The zero-order valence-corrected chi connectivity index (χ0v) is 18.8. The molecule has 0 aromatic carbocycles. The van der Waals surface area contributed by atoms with Gasteiger partial charge in [-0.1, -0.05) is 74.1 Å². The van der Waals surface area contributed by atoms with Crippen LogP contribution >= 0.6 is 0 Å². The van der Waals surface area contributed by atoms with Crippen LogP contribution in [0, 0.1) is 16.7 Å². The normalized spacial score (nSPS) is 12.8. The van der Waals surface area contributed by atoms with Gasteiger partial charge < -0.3 is 11.1 Å². The standard InChI is InChI=1S/2C11H23NO/c1-11(2,3)9-7-5-6-8-10(13)12-4;1-9(10(12)13)7-5-6-8-11(2,3)4/h5-9H2,1-4H3,(H,12,13);9H,5-8H2,1-4H3,(H2,12,13). The predicted octanol–water partition coefficient (Wildman–Crippen LogP) is 5.44.